The number of hydrogen-bond donors (Lipinski definition) is 0. The number of rotatable bonds is 6. The molecule has 0 saturated carbocycles. The molecule has 2 aromatic carbocycles. The molecule has 0 saturated heterocycles. The maximum absolute atomic E-state index is 12.9. The van der Waals surface area contributed by atoms with Crippen LogP contribution in [0.1, 0.15) is 16.3 Å². The SMILES string of the molecule is O=C(OCc1csc(COc2ccc(F)cc2)n1)C1COc2ccccc2C1. The van der Waals surface area contributed by atoms with E-state index in [9.17, 15) is 9.18 Å². The van der Waals surface area contributed by atoms with Crippen LogP contribution in [0.15, 0.2) is 53.9 Å². The molecule has 0 amide bonds. The highest BCUT2D eigenvalue weighted by atomic mass is 32.1. The summed E-state index contributed by atoms with van der Waals surface area (Å²) >= 11 is 1.42. The summed E-state index contributed by atoms with van der Waals surface area (Å²) in [4.78, 5) is 16.8. The maximum atomic E-state index is 12.9. The van der Waals surface area contributed by atoms with Gasteiger partial charge in [-0.1, -0.05) is 18.2 Å². The number of halogens is 1. The summed E-state index contributed by atoms with van der Waals surface area (Å²) in [6.07, 6.45) is 0.614. The topological polar surface area (TPSA) is 57.7 Å². The zero-order valence-corrected chi connectivity index (χ0v) is 15.8. The highest BCUT2D eigenvalue weighted by Gasteiger charge is 2.27. The van der Waals surface area contributed by atoms with Gasteiger partial charge in [-0.05, 0) is 42.3 Å². The fraction of sp³-hybridized carbons (Fsp3) is 0.238. The first-order valence-corrected chi connectivity index (χ1v) is 9.74. The molecule has 1 unspecified atom stereocenters. The van der Waals surface area contributed by atoms with E-state index < -0.39 is 0 Å². The lowest BCUT2D eigenvalue weighted by Crippen LogP contribution is -2.29. The number of fused-ring (bicyclic) bond motifs is 1. The van der Waals surface area contributed by atoms with Gasteiger partial charge in [0.05, 0.1) is 11.6 Å². The Morgan fingerprint density at radius 3 is 2.86 bits per heavy atom. The zero-order valence-electron chi connectivity index (χ0n) is 15.0. The van der Waals surface area contributed by atoms with Crippen molar-refractivity contribution in [3.8, 4) is 11.5 Å². The average Bonchev–Trinajstić information content (AvgIpc) is 3.19. The number of carbonyl (C=O) groups is 1. The molecule has 1 aliphatic rings. The lowest BCUT2D eigenvalue weighted by atomic mass is 9.97. The minimum absolute atomic E-state index is 0.115. The number of carbonyl (C=O) groups excluding carboxylic acids is 1. The molecule has 0 bridgehead atoms. The van der Waals surface area contributed by atoms with Gasteiger partial charge in [0.1, 0.15) is 42.1 Å². The van der Waals surface area contributed by atoms with Gasteiger partial charge >= 0.3 is 5.97 Å². The van der Waals surface area contributed by atoms with Crippen LogP contribution in [-0.2, 0) is 29.2 Å². The van der Waals surface area contributed by atoms with E-state index in [0.29, 0.717) is 24.5 Å². The van der Waals surface area contributed by atoms with Crippen LogP contribution in [0.3, 0.4) is 0 Å². The van der Waals surface area contributed by atoms with Crippen molar-refractivity contribution >= 4 is 17.3 Å². The van der Waals surface area contributed by atoms with Gasteiger partial charge < -0.3 is 14.2 Å². The van der Waals surface area contributed by atoms with Gasteiger partial charge in [0.25, 0.3) is 0 Å². The quantitative estimate of drug-likeness (QED) is 0.583. The van der Waals surface area contributed by atoms with Crippen LogP contribution in [-0.4, -0.2) is 17.6 Å². The van der Waals surface area contributed by atoms with Gasteiger partial charge in [0, 0.05) is 5.38 Å². The molecule has 1 atom stereocenters. The zero-order chi connectivity index (χ0) is 19.3. The third-order valence-electron chi connectivity index (χ3n) is 4.35. The molecule has 0 radical (unpaired) electrons. The Labute approximate surface area is 165 Å². The number of aromatic nitrogens is 1. The third-order valence-corrected chi connectivity index (χ3v) is 5.22. The number of benzene rings is 2. The van der Waals surface area contributed by atoms with Crippen molar-refractivity contribution in [2.75, 3.05) is 6.61 Å². The second kappa shape index (κ2) is 8.39. The molecule has 28 heavy (non-hydrogen) atoms. The standard InChI is InChI=1S/C21H18FNO4S/c22-16-5-7-18(8-6-16)25-12-20-23-17(13-28-20)11-27-21(24)15-9-14-3-1-2-4-19(14)26-10-15/h1-8,13,15H,9-12H2. The second-order valence-corrected chi connectivity index (χ2v) is 7.35. The predicted molar refractivity (Wildman–Crippen MR) is 102 cm³/mol. The van der Waals surface area contributed by atoms with Crippen molar-refractivity contribution in [3.05, 3.63) is 76.0 Å². The molecule has 0 spiro atoms. The number of para-hydroxylation sites is 1. The Morgan fingerprint density at radius 2 is 2.00 bits per heavy atom. The number of hydrogen-bond acceptors (Lipinski definition) is 6. The molecule has 1 aliphatic heterocycles. The monoisotopic (exact) mass is 399 g/mol. The molecule has 144 valence electrons. The number of thiazole rings is 1. The fourth-order valence-corrected chi connectivity index (χ4v) is 3.59. The molecule has 0 aliphatic carbocycles. The summed E-state index contributed by atoms with van der Waals surface area (Å²) in [6.45, 7) is 0.713. The van der Waals surface area contributed by atoms with Gasteiger partial charge in [-0.15, -0.1) is 11.3 Å². The third kappa shape index (κ3) is 4.48. The summed E-state index contributed by atoms with van der Waals surface area (Å²) in [7, 11) is 0. The molecule has 1 aromatic heterocycles. The van der Waals surface area contributed by atoms with Crippen molar-refractivity contribution in [2.45, 2.75) is 19.6 Å². The molecule has 3 aromatic rings. The molecule has 0 fully saturated rings. The van der Waals surface area contributed by atoms with E-state index >= 15 is 0 Å². The summed E-state index contributed by atoms with van der Waals surface area (Å²) in [5.74, 6) is 0.498. The van der Waals surface area contributed by atoms with E-state index in [4.69, 9.17) is 14.2 Å². The molecule has 7 heteroatoms. The van der Waals surface area contributed by atoms with Crippen LogP contribution >= 0.6 is 11.3 Å². The van der Waals surface area contributed by atoms with E-state index in [1.807, 2.05) is 29.6 Å². The van der Waals surface area contributed by atoms with Crippen LogP contribution in [0.5, 0.6) is 11.5 Å². The van der Waals surface area contributed by atoms with E-state index in [1.165, 1.54) is 23.5 Å². The number of esters is 1. The minimum Gasteiger partial charge on any atom is -0.492 e. The van der Waals surface area contributed by atoms with Crippen LogP contribution in [0.25, 0.3) is 0 Å². The predicted octanol–water partition coefficient (Wildman–Crippen LogP) is 4.16. The Hall–Kier alpha value is -2.93. The van der Waals surface area contributed by atoms with E-state index in [0.717, 1.165) is 16.3 Å². The van der Waals surface area contributed by atoms with Gasteiger partial charge in [-0.25, -0.2) is 9.37 Å². The highest BCUT2D eigenvalue weighted by Crippen LogP contribution is 2.27. The maximum Gasteiger partial charge on any atom is 0.313 e. The van der Waals surface area contributed by atoms with Crippen LogP contribution < -0.4 is 9.47 Å². The lowest BCUT2D eigenvalue weighted by Gasteiger charge is -2.23. The highest BCUT2D eigenvalue weighted by molar-refractivity contribution is 7.09. The largest absolute Gasteiger partial charge is 0.492 e. The van der Waals surface area contributed by atoms with Crippen LogP contribution in [0.2, 0.25) is 0 Å². The van der Waals surface area contributed by atoms with Crippen molar-refractivity contribution in [1.29, 1.82) is 0 Å². The molecule has 2 heterocycles. The molecule has 4 rings (SSSR count). The first kappa shape index (κ1) is 18.4. The van der Waals surface area contributed by atoms with E-state index in [-0.39, 0.29) is 30.9 Å². The molecule has 0 N–H and O–H groups in total. The minimum atomic E-state index is -0.310. The summed E-state index contributed by atoms with van der Waals surface area (Å²) in [5, 5.41) is 2.59. The first-order chi connectivity index (χ1) is 13.7. The summed E-state index contributed by atoms with van der Waals surface area (Å²) < 4.78 is 29.5. The van der Waals surface area contributed by atoms with Crippen LogP contribution in [0, 0.1) is 11.7 Å². The van der Waals surface area contributed by atoms with Gasteiger partial charge in [-0.2, -0.15) is 0 Å². The van der Waals surface area contributed by atoms with Gasteiger partial charge in [0.2, 0.25) is 0 Å². The van der Waals surface area contributed by atoms with E-state index in [2.05, 4.69) is 4.98 Å². The summed E-state index contributed by atoms with van der Waals surface area (Å²) in [6, 6.07) is 13.5. The Bertz CT molecular complexity index is 957. The Morgan fingerprint density at radius 1 is 1.18 bits per heavy atom. The lowest BCUT2D eigenvalue weighted by molar-refractivity contribution is -0.151. The second-order valence-electron chi connectivity index (χ2n) is 6.40. The Balaban J connectivity index is 1.26. The number of nitrogens with zero attached hydrogens (tertiary/aromatic N) is 1. The first-order valence-electron chi connectivity index (χ1n) is 8.86. The molecular formula is C21H18FNO4S. The van der Waals surface area contributed by atoms with Gasteiger partial charge in [-0.3, -0.25) is 4.79 Å². The number of ether oxygens (including phenoxy) is 3. The normalized spacial score (nSPS) is 15.4. The summed E-state index contributed by atoms with van der Waals surface area (Å²) in [5.41, 5.74) is 1.69. The van der Waals surface area contributed by atoms with Crippen molar-refractivity contribution in [2.24, 2.45) is 5.92 Å². The van der Waals surface area contributed by atoms with Crippen molar-refractivity contribution in [1.82, 2.24) is 4.98 Å². The smallest absolute Gasteiger partial charge is 0.313 e. The van der Waals surface area contributed by atoms with Crippen LogP contribution in [0.4, 0.5) is 4.39 Å². The van der Waals surface area contributed by atoms with Crippen molar-refractivity contribution < 1.29 is 23.4 Å². The molecular weight excluding hydrogens is 381 g/mol. The Kier molecular flexibility index (Phi) is 5.53. The van der Waals surface area contributed by atoms with E-state index in [1.54, 1.807) is 12.1 Å². The fourth-order valence-electron chi connectivity index (χ4n) is 2.90. The average molecular weight is 399 g/mol. The molecule has 5 nitrogen and oxygen atoms in total. The van der Waals surface area contributed by atoms with Crippen molar-refractivity contribution in [3.63, 3.8) is 0 Å². The van der Waals surface area contributed by atoms with Gasteiger partial charge in [0.15, 0.2) is 0 Å².